The van der Waals surface area contributed by atoms with Crippen molar-refractivity contribution in [3.8, 4) is 0 Å². The van der Waals surface area contributed by atoms with Crippen LogP contribution in [0.25, 0.3) is 0 Å². The summed E-state index contributed by atoms with van der Waals surface area (Å²) in [7, 11) is 0. The van der Waals surface area contributed by atoms with E-state index in [0.29, 0.717) is 30.2 Å². The van der Waals surface area contributed by atoms with E-state index in [-0.39, 0.29) is 17.9 Å². The zero-order valence-corrected chi connectivity index (χ0v) is 17.1. The molecule has 9 heteroatoms. The van der Waals surface area contributed by atoms with Gasteiger partial charge in [0.05, 0.1) is 11.1 Å². The van der Waals surface area contributed by atoms with Gasteiger partial charge in [0.1, 0.15) is 6.54 Å². The Balaban J connectivity index is 1.36. The molecule has 9 nitrogen and oxygen atoms in total. The molecule has 29 heavy (non-hydrogen) atoms. The molecule has 0 saturated carbocycles. The number of aryl methyl sites for hydroxylation is 2. The van der Waals surface area contributed by atoms with E-state index in [4.69, 9.17) is 9.26 Å². The summed E-state index contributed by atoms with van der Waals surface area (Å²) < 4.78 is 12.9. The van der Waals surface area contributed by atoms with Gasteiger partial charge in [0.15, 0.2) is 5.82 Å². The molecule has 0 N–H and O–H groups in total. The van der Waals surface area contributed by atoms with Gasteiger partial charge in [-0.2, -0.15) is 10.1 Å². The second-order valence-corrected chi connectivity index (χ2v) is 8.70. The third-order valence-electron chi connectivity index (χ3n) is 6.72. The van der Waals surface area contributed by atoms with Gasteiger partial charge in [-0.15, -0.1) is 0 Å². The number of ether oxygens (including phenoxy) is 1. The molecule has 3 saturated heterocycles. The van der Waals surface area contributed by atoms with Crippen LogP contribution >= 0.6 is 0 Å². The number of hydrogen-bond acceptors (Lipinski definition) is 7. The van der Waals surface area contributed by atoms with Crippen LogP contribution in [0.2, 0.25) is 0 Å². The average Bonchev–Trinajstić information content (AvgIpc) is 3.45. The molecule has 0 aliphatic carbocycles. The Labute approximate surface area is 170 Å². The molecule has 0 aromatic carbocycles. The maximum atomic E-state index is 13.0. The first-order chi connectivity index (χ1) is 14.0. The second-order valence-electron chi connectivity index (χ2n) is 8.70. The summed E-state index contributed by atoms with van der Waals surface area (Å²) in [5.41, 5.74) is 0.635. The number of aromatic nitrogens is 4. The van der Waals surface area contributed by atoms with E-state index < -0.39 is 0 Å². The lowest BCUT2D eigenvalue weighted by Gasteiger charge is -2.33. The minimum Gasteiger partial charge on any atom is -0.381 e. The van der Waals surface area contributed by atoms with Gasteiger partial charge in [0, 0.05) is 57.5 Å². The highest BCUT2D eigenvalue weighted by Crippen LogP contribution is 2.45. The van der Waals surface area contributed by atoms with Crippen molar-refractivity contribution in [3.63, 3.8) is 0 Å². The van der Waals surface area contributed by atoms with Crippen LogP contribution in [0, 0.1) is 19.8 Å². The minimum atomic E-state index is -0.282. The third-order valence-corrected chi connectivity index (χ3v) is 6.72. The number of carbonyl (C=O) groups is 1. The van der Waals surface area contributed by atoms with Crippen LogP contribution in [-0.4, -0.2) is 81.1 Å². The van der Waals surface area contributed by atoms with Gasteiger partial charge in [0.2, 0.25) is 11.8 Å². The van der Waals surface area contributed by atoms with E-state index in [1.807, 2.05) is 31.0 Å². The van der Waals surface area contributed by atoms with E-state index in [9.17, 15) is 4.79 Å². The Morgan fingerprint density at radius 1 is 1.24 bits per heavy atom. The summed E-state index contributed by atoms with van der Waals surface area (Å²) >= 11 is 0. The minimum absolute atomic E-state index is 0.0933. The molecule has 0 bridgehead atoms. The standard InChI is InChI=1S/C20H28N6O3/c1-14-3-6-26(22-14)11-18(27)25-10-16-9-24(17-4-7-28-8-5-17)12-20(16,13-25)19-21-15(2)23-29-19/h3,6,16-17H,4-5,7-13H2,1-2H3/t16-,20-/m1/s1. The van der Waals surface area contributed by atoms with Crippen LogP contribution in [0.4, 0.5) is 0 Å². The lowest BCUT2D eigenvalue weighted by atomic mass is 9.81. The molecule has 1 amide bonds. The van der Waals surface area contributed by atoms with E-state index >= 15 is 0 Å². The maximum Gasteiger partial charge on any atom is 0.244 e. The highest BCUT2D eigenvalue weighted by molar-refractivity contribution is 5.76. The zero-order valence-electron chi connectivity index (χ0n) is 17.1. The SMILES string of the molecule is Cc1ccn(CC(=O)N2C[C@H]3CN(C4CCOCC4)C[C@@]3(c3nc(C)no3)C2)n1. The van der Waals surface area contributed by atoms with E-state index in [0.717, 1.165) is 51.4 Å². The molecular formula is C20H28N6O3. The molecule has 2 aromatic heterocycles. The number of amides is 1. The van der Waals surface area contributed by atoms with Crippen molar-refractivity contribution in [1.82, 2.24) is 29.7 Å². The topological polar surface area (TPSA) is 89.5 Å². The molecule has 0 spiro atoms. The number of rotatable bonds is 4. The second kappa shape index (κ2) is 7.21. The lowest BCUT2D eigenvalue weighted by molar-refractivity contribution is -0.131. The quantitative estimate of drug-likeness (QED) is 0.749. The summed E-state index contributed by atoms with van der Waals surface area (Å²) in [6.45, 7) is 8.85. The Hall–Kier alpha value is -2.26. The van der Waals surface area contributed by atoms with Crippen LogP contribution in [0.15, 0.2) is 16.8 Å². The molecule has 156 valence electrons. The summed E-state index contributed by atoms with van der Waals surface area (Å²) in [5, 5.41) is 8.41. The zero-order chi connectivity index (χ0) is 20.0. The normalized spacial score (nSPS) is 28.2. The molecule has 5 rings (SSSR count). The van der Waals surface area contributed by atoms with E-state index in [2.05, 4.69) is 20.1 Å². The summed E-state index contributed by atoms with van der Waals surface area (Å²) in [6, 6.07) is 2.45. The number of fused-ring (bicyclic) bond motifs is 1. The number of carbonyl (C=O) groups excluding carboxylic acids is 1. The molecule has 3 aliphatic rings. The third kappa shape index (κ3) is 3.36. The fourth-order valence-corrected chi connectivity index (χ4v) is 5.21. The molecule has 2 atom stereocenters. The van der Waals surface area contributed by atoms with Crippen molar-refractivity contribution >= 4 is 5.91 Å². The monoisotopic (exact) mass is 400 g/mol. The first-order valence-electron chi connectivity index (χ1n) is 10.4. The highest BCUT2D eigenvalue weighted by atomic mass is 16.5. The first-order valence-corrected chi connectivity index (χ1v) is 10.4. The lowest BCUT2D eigenvalue weighted by Crippen LogP contribution is -2.44. The van der Waals surface area contributed by atoms with Crippen molar-refractivity contribution in [1.29, 1.82) is 0 Å². The Bertz CT molecular complexity index is 888. The molecule has 2 aromatic rings. The van der Waals surface area contributed by atoms with Gasteiger partial charge >= 0.3 is 0 Å². The molecule has 3 aliphatic heterocycles. The number of hydrogen-bond donors (Lipinski definition) is 0. The molecular weight excluding hydrogens is 372 g/mol. The average molecular weight is 400 g/mol. The maximum absolute atomic E-state index is 13.0. The van der Waals surface area contributed by atoms with Crippen molar-refractivity contribution in [2.24, 2.45) is 5.92 Å². The van der Waals surface area contributed by atoms with Crippen LogP contribution < -0.4 is 0 Å². The fourth-order valence-electron chi connectivity index (χ4n) is 5.21. The van der Waals surface area contributed by atoms with Gasteiger partial charge < -0.3 is 14.2 Å². The summed E-state index contributed by atoms with van der Waals surface area (Å²) in [6.07, 6.45) is 3.98. The van der Waals surface area contributed by atoms with Crippen LogP contribution in [-0.2, 0) is 21.5 Å². The Morgan fingerprint density at radius 3 is 2.76 bits per heavy atom. The predicted octanol–water partition coefficient (Wildman–Crippen LogP) is 0.774. The van der Waals surface area contributed by atoms with E-state index in [1.54, 1.807) is 4.68 Å². The fraction of sp³-hybridized carbons (Fsp3) is 0.700. The van der Waals surface area contributed by atoms with E-state index in [1.165, 1.54) is 0 Å². The smallest absolute Gasteiger partial charge is 0.244 e. The predicted molar refractivity (Wildman–Crippen MR) is 103 cm³/mol. The van der Waals surface area contributed by atoms with Crippen molar-refractivity contribution < 1.29 is 14.1 Å². The number of nitrogens with zero attached hydrogens (tertiary/aromatic N) is 6. The van der Waals surface area contributed by atoms with Crippen LogP contribution in [0.1, 0.15) is 30.3 Å². The Morgan fingerprint density at radius 2 is 2.07 bits per heavy atom. The highest BCUT2D eigenvalue weighted by Gasteiger charge is 2.58. The van der Waals surface area contributed by atoms with Gasteiger partial charge in [-0.3, -0.25) is 14.4 Å². The van der Waals surface area contributed by atoms with Crippen molar-refractivity contribution in [2.75, 3.05) is 39.4 Å². The van der Waals surface area contributed by atoms with Crippen LogP contribution in [0.5, 0.6) is 0 Å². The molecule has 0 radical (unpaired) electrons. The summed E-state index contributed by atoms with van der Waals surface area (Å²) in [4.78, 5) is 22.1. The first kappa shape index (κ1) is 18.7. The van der Waals surface area contributed by atoms with Gasteiger partial charge in [-0.1, -0.05) is 5.16 Å². The Kier molecular flexibility index (Phi) is 4.66. The summed E-state index contributed by atoms with van der Waals surface area (Å²) in [5.74, 6) is 1.72. The van der Waals surface area contributed by atoms with Gasteiger partial charge in [-0.05, 0) is 32.8 Å². The van der Waals surface area contributed by atoms with Gasteiger partial charge in [-0.25, -0.2) is 0 Å². The van der Waals surface area contributed by atoms with Crippen molar-refractivity contribution in [3.05, 3.63) is 29.7 Å². The van der Waals surface area contributed by atoms with Crippen molar-refractivity contribution in [2.45, 2.75) is 44.7 Å². The molecule has 5 heterocycles. The number of likely N-dealkylation sites (tertiary alicyclic amines) is 2. The van der Waals surface area contributed by atoms with Crippen LogP contribution in [0.3, 0.4) is 0 Å². The van der Waals surface area contributed by atoms with Gasteiger partial charge in [0.25, 0.3) is 0 Å². The largest absolute Gasteiger partial charge is 0.381 e. The molecule has 0 unspecified atom stereocenters. The molecule has 3 fully saturated rings.